The van der Waals surface area contributed by atoms with Crippen LogP contribution in [-0.4, -0.2) is 145 Å². The number of piperidine rings is 2. The van der Waals surface area contributed by atoms with E-state index in [1.807, 2.05) is 47.4 Å². The van der Waals surface area contributed by atoms with Crippen molar-refractivity contribution in [3.05, 3.63) is 125 Å². The molecule has 4 saturated heterocycles. The van der Waals surface area contributed by atoms with Gasteiger partial charge in [0, 0.05) is 103 Å². The number of ether oxygens (including phenoxy) is 1. The summed E-state index contributed by atoms with van der Waals surface area (Å²) in [6, 6.07) is 31.8. The number of piperazine rings is 2. The van der Waals surface area contributed by atoms with Gasteiger partial charge in [-0.3, -0.25) is 29.5 Å². The number of phenolic OH excluding ortho intramolecular Hbond substituents is 1. The second-order valence-electron chi connectivity index (χ2n) is 18.1. The zero-order valence-electron chi connectivity index (χ0n) is 37.5. The van der Waals surface area contributed by atoms with E-state index in [4.69, 9.17) is 4.74 Å². The van der Waals surface area contributed by atoms with Crippen LogP contribution in [0.25, 0.3) is 11.1 Å². The highest BCUT2D eigenvalue weighted by atomic mass is 16.5. The van der Waals surface area contributed by atoms with Crippen molar-refractivity contribution < 1.29 is 29.0 Å². The van der Waals surface area contributed by atoms with E-state index < -0.39 is 6.04 Å². The van der Waals surface area contributed by atoms with Gasteiger partial charge in [0.05, 0.1) is 0 Å². The first-order valence-corrected chi connectivity index (χ1v) is 23.5. The van der Waals surface area contributed by atoms with E-state index in [0.717, 1.165) is 131 Å². The Morgan fingerprint density at radius 2 is 1.38 bits per heavy atom. The Labute approximate surface area is 382 Å². The first-order chi connectivity index (χ1) is 31.7. The molecule has 5 aliphatic rings. The molecule has 2 N–H and O–H groups in total. The maximum absolute atomic E-state index is 13.6. The van der Waals surface area contributed by atoms with Gasteiger partial charge in [-0.2, -0.15) is 0 Å². The molecule has 5 aliphatic heterocycles. The number of hydrogen-bond donors (Lipinski definition) is 2. The van der Waals surface area contributed by atoms with Crippen molar-refractivity contribution in [2.24, 2.45) is 5.92 Å². The minimum Gasteiger partial charge on any atom is -0.508 e. The SMILES string of the molecule is CC/C(=C(/c1ccc(O)cc1)c1ccc(OCCN2CCN(C(=O)N3CCC(CN4CCN(c5ccc6c(c5)CN(C5CCC(=O)NC5=O)C6=O)CC4)CC3)CC2)cc1)c1ccccc1. The van der Waals surface area contributed by atoms with Gasteiger partial charge in [-0.25, -0.2) is 4.79 Å². The molecule has 1 unspecified atom stereocenters. The average Bonchev–Trinajstić information content (AvgIpc) is 3.66. The third kappa shape index (κ3) is 10.1. The number of urea groups is 1. The van der Waals surface area contributed by atoms with E-state index in [1.165, 1.54) is 11.1 Å². The number of hydrogen-bond acceptors (Lipinski definition) is 9. The predicted molar refractivity (Wildman–Crippen MR) is 252 cm³/mol. The molecule has 4 aromatic carbocycles. The van der Waals surface area contributed by atoms with Gasteiger partial charge in [-0.05, 0) is 107 Å². The summed E-state index contributed by atoms with van der Waals surface area (Å²) in [5.74, 6) is 0.846. The van der Waals surface area contributed by atoms with E-state index in [9.17, 15) is 24.3 Å². The first kappa shape index (κ1) is 44.0. The van der Waals surface area contributed by atoms with E-state index in [-0.39, 0.29) is 35.9 Å². The summed E-state index contributed by atoms with van der Waals surface area (Å²) >= 11 is 0. The van der Waals surface area contributed by atoms with Gasteiger partial charge in [0.15, 0.2) is 0 Å². The van der Waals surface area contributed by atoms with Gasteiger partial charge in [-0.1, -0.05) is 61.5 Å². The molecular formula is C52H61N7O6. The van der Waals surface area contributed by atoms with Crippen molar-refractivity contribution in [2.75, 3.05) is 90.0 Å². The normalized spacial score (nSPS) is 20.4. The number of rotatable bonds is 12. The van der Waals surface area contributed by atoms with Crippen LogP contribution in [0.2, 0.25) is 0 Å². The molecule has 0 aliphatic carbocycles. The smallest absolute Gasteiger partial charge is 0.320 e. The number of nitrogens with one attached hydrogen (secondary N) is 1. The van der Waals surface area contributed by atoms with Gasteiger partial charge in [0.1, 0.15) is 24.1 Å². The number of phenols is 1. The maximum atomic E-state index is 13.6. The van der Waals surface area contributed by atoms with Crippen molar-refractivity contribution in [1.29, 1.82) is 0 Å². The number of carbonyl (C=O) groups is 4. The molecule has 13 heteroatoms. The van der Waals surface area contributed by atoms with Crippen LogP contribution in [0.15, 0.2) is 97.1 Å². The monoisotopic (exact) mass is 879 g/mol. The van der Waals surface area contributed by atoms with Gasteiger partial charge in [0.25, 0.3) is 5.91 Å². The molecule has 4 aromatic rings. The molecule has 5 heterocycles. The minimum absolute atomic E-state index is 0.140. The van der Waals surface area contributed by atoms with E-state index in [2.05, 4.69) is 74.3 Å². The molecule has 1 atom stereocenters. The average molecular weight is 880 g/mol. The summed E-state index contributed by atoms with van der Waals surface area (Å²) in [6.45, 7) is 13.5. The molecular weight excluding hydrogens is 819 g/mol. The van der Waals surface area contributed by atoms with Crippen LogP contribution in [-0.2, 0) is 16.1 Å². The third-order valence-corrected chi connectivity index (χ3v) is 14.0. The lowest BCUT2D eigenvalue weighted by atomic mass is 9.88. The summed E-state index contributed by atoms with van der Waals surface area (Å²) in [4.78, 5) is 63.9. The van der Waals surface area contributed by atoms with Crippen LogP contribution in [0.1, 0.15) is 71.6 Å². The van der Waals surface area contributed by atoms with Crippen molar-refractivity contribution in [3.63, 3.8) is 0 Å². The van der Waals surface area contributed by atoms with Crippen LogP contribution < -0.4 is 15.0 Å². The molecule has 0 saturated carbocycles. The fraction of sp³-hybridized carbons (Fsp3) is 0.423. The Bertz CT molecular complexity index is 2360. The molecule has 0 aromatic heterocycles. The predicted octanol–water partition coefficient (Wildman–Crippen LogP) is 6.17. The quantitative estimate of drug-likeness (QED) is 0.127. The van der Waals surface area contributed by atoms with Crippen LogP contribution >= 0.6 is 0 Å². The number of nitrogens with zero attached hydrogens (tertiary/aromatic N) is 6. The molecule has 5 amide bonds. The minimum atomic E-state index is -0.604. The van der Waals surface area contributed by atoms with Crippen molar-refractivity contribution >= 4 is 40.6 Å². The molecule has 65 heavy (non-hydrogen) atoms. The summed E-state index contributed by atoms with van der Waals surface area (Å²) in [7, 11) is 0. The Morgan fingerprint density at radius 3 is 2.06 bits per heavy atom. The molecule has 0 spiro atoms. The first-order valence-electron chi connectivity index (χ1n) is 23.5. The number of imide groups is 1. The number of benzene rings is 4. The highest BCUT2D eigenvalue weighted by Gasteiger charge is 2.39. The summed E-state index contributed by atoms with van der Waals surface area (Å²) < 4.78 is 6.22. The summed E-state index contributed by atoms with van der Waals surface area (Å²) in [5, 5.41) is 12.4. The molecule has 0 radical (unpaired) electrons. The lowest BCUT2D eigenvalue weighted by Crippen LogP contribution is -2.55. The standard InChI is InChI=1S/C52H61N7O6/c1-2-45(38-6-4-3-5-7-38)49(39-8-13-43(60)14-9-39)40-10-15-44(16-11-40)65-33-32-54-24-30-58(31-25-54)52(64)57-22-20-37(21-23-57)35-55-26-28-56(29-27-55)42-12-17-46-41(34-42)36-59(51(46)63)47-18-19-48(61)53-50(47)62/h3-17,34,37,47,60H,2,18-33,35-36H2,1H3,(H,53,61,62)/b49-45+. The maximum Gasteiger partial charge on any atom is 0.320 e. The Morgan fingerprint density at radius 1 is 0.723 bits per heavy atom. The highest BCUT2D eigenvalue weighted by molar-refractivity contribution is 6.05. The van der Waals surface area contributed by atoms with Crippen LogP contribution in [0, 0.1) is 5.92 Å². The largest absolute Gasteiger partial charge is 0.508 e. The molecule has 9 rings (SSSR count). The molecule has 0 bridgehead atoms. The van der Waals surface area contributed by atoms with Gasteiger partial charge < -0.3 is 29.4 Å². The zero-order valence-corrected chi connectivity index (χ0v) is 37.5. The molecule has 340 valence electrons. The van der Waals surface area contributed by atoms with Crippen molar-refractivity contribution in [2.45, 2.75) is 51.6 Å². The number of likely N-dealkylation sites (tertiary alicyclic amines) is 1. The fourth-order valence-electron chi connectivity index (χ4n) is 10.3. The number of anilines is 1. The van der Waals surface area contributed by atoms with Crippen molar-refractivity contribution in [1.82, 2.24) is 29.8 Å². The van der Waals surface area contributed by atoms with Gasteiger partial charge in [0.2, 0.25) is 11.8 Å². The number of allylic oxidation sites excluding steroid dienone is 1. The van der Waals surface area contributed by atoms with Gasteiger partial charge in [-0.15, -0.1) is 0 Å². The van der Waals surface area contributed by atoms with E-state index >= 15 is 0 Å². The summed E-state index contributed by atoms with van der Waals surface area (Å²) in [5.41, 5.74) is 8.41. The van der Waals surface area contributed by atoms with Crippen molar-refractivity contribution in [3.8, 4) is 11.5 Å². The fourth-order valence-corrected chi connectivity index (χ4v) is 10.3. The topological polar surface area (TPSA) is 129 Å². The highest BCUT2D eigenvalue weighted by Crippen LogP contribution is 2.36. The number of carbonyl (C=O) groups excluding carboxylic acids is 4. The zero-order chi connectivity index (χ0) is 44.9. The second kappa shape index (κ2) is 19.9. The molecule has 13 nitrogen and oxygen atoms in total. The third-order valence-electron chi connectivity index (χ3n) is 14.0. The lowest BCUT2D eigenvalue weighted by Gasteiger charge is -2.41. The number of amides is 5. The van der Waals surface area contributed by atoms with Crippen LogP contribution in [0.4, 0.5) is 10.5 Å². The number of aromatic hydroxyl groups is 1. The Kier molecular flexibility index (Phi) is 13.5. The van der Waals surface area contributed by atoms with E-state index in [0.29, 0.717) is 31.1 Å². The van der Waals surface area contributed by atoms with Crippen LogP contribution in [0.3, 0.4) is 0 Å². The van der Waals surface area contributed by atoms with Crippen LogP contribution in [0.5, 0.6) is 11.5 Å². The number of fused-ring (bicyclic) bond motifs is 1. The summed E-state index contributed by atoms with van der Waals surface area (Å²) in [6.07, 6.45) is 3.52. The second-order valence-corrected chi connectivity index (χ2v) is 18.1. The van der Waals surface area contributed by atoms with Gasteiger partial charge >= 0.3 is 6.03 Å². The Hall–Kier alpha value is -6.18. The Balaban J connectivity index is 0.683. The lowest BCUT2D eigenvalue weighted by molar-refractivity contribution is -0.136. The molecule has 4 fully saturated rings. The van der Waals surface area contributed by atoms with E-state index in [1.54, 1.807) is 17.0 Å².